The van der Waals surface area contributed by atoms with Gasteiger partial charge >= 0.3 is 0 Å². The smallest absolute Gasteiger partial charge is 0.274 e. The van der Waals surface area contributed by atoms with Crippen LogP contribution < -0.4 is 14.9 Å². The van der Waals surface area contributed by atoms with Crippen molar-refractivity contribution in [1.29, 1.82) is 0 Å². The molecule has 0 radical (unpaired) electrons. The lowest BCUT2D eigenvalue weighted by Gasteiger charge is -2.11. The summed E-state index contributed by atoms with van der Waals surface area (Å²) in [7, 11) is 3.10. The first-order valence-electron chi connectivity index (χ1n) is 7.44. The minimum atomic E-state index is -0.598. The summed E-state index contributed by atoms with van der Waals surface area (Å²) in [5.41, 5.74) is 3.76. The average Bonchev–Trinajstić information content (AvgIpc) is 2.62. The molecular formula is C18H19FN2O3. The van der Waals surface area contributed by atoms with Gasteiger partial charge in [0.05, 0.1) is 25.5 Å². The second-order valence-electron chi connectivity index (χ2n) is 4.90. The largest absolute Gasteiger partial charge is 0.493 e. The Balaban J connectivity index is 2.23. The Hall–Kier alpha value is -2.89. The van der Waals surface area contributed by atoms with Crippen LogP contribution in [-0.2, 0) is 0 Å². The Labute approximate surface area is 140 Å². The summed E-state index contributed by atoms with van der Waals surface area (Å²) in [5, 5.41) is 4.11. The number of nitrogens with one attached hydrogen (secondary N) is 1. The molecule has 0 saturated heterocycles. The molecule has 6 heteroatoms. The van der Waals surface area contributed by atoms with E-state index < -0.39 is 11.7 Å². The fourth-order valence-electron chi connectivity index (χ4n) is 2.19. The fraction of sp³-hybridized carbons (Fsp3) is 0.222. The Morgan fingerprint density at radius 3 is 2.46 bits per heavy atom. The van der Waals surface area contributed by atoms with Gasteiger partial charge in [-0.2, -0.15) is 5.10 Å². The number of ether oxygens (including phenoxy) is 2. The van der Waals surface area contributed by atoms with Crippen molar-refractivity contribution < 1.29 is 18.7 Å². The summed E-state index contributed by atoms with van der Waals surface area (Å²) < 4.78 is 24.1. The summed E-state index contributed by atoms with van der Waals surface area (Å²) in [4.78, 5) is 12.0. The topological polar surface area (TPSA) is 59.9 Å². The molecule has 0 aliphatic rings. The molecule has 2 rings (SSSR count). The molecule has 2 aromatic rings. The minimum Gasteiger partial charge on any atom is -0.493 e. The van der Waals surface area contributed by atoms with Crippen molar-refractivity contribution in [2.45, 2.75) is 13.3 Å². The number of halogens is 1. The molecule has 0 bridgehead atoms. The Morgan fingerprint density at radius 2 is 1.83 bits per heavy atom. The zero-order valence-corrected chi connectivity index (χ0v) is 13.8. The van der Waals surface area contributed by atoms with Crippen LogP contribution in [0.5, 0.6) is 11.5 Å². The van der Waals surface area contributed by atoms with Crippen LogP contribution >= 0.6 is 0 Å². The average molecular weight is 330 g/mol. The number of nitrogens with zero attached hydrogens (tertiary/aromatic N) is 1. The zero-order valence-electron chi connectivity index (χ0n) is 13.8. The molecule has 0 saturated carbocycles. The van der Waals surface area contributed by atoms with Crippen LogP contribution in [-0.4, -0.2) is 25.8 Å². The van der Waals surface area contributed by atoms with Crippen LogP contribution in [0.15, 0.2) is 47.6 Å². The molecule has 0 heterocycles. The van der Waals surface area contributed by atoms with Crippen molar-refractivity contribution >= 4 is 11.6 Å². The number of carbonyl (C=O) groups is 1. The van der Waals surface area contributed by atoms with Crippen molar-refractivity contribution in [3.63, 3.8) is 0 Å². The number of methoxy groups -OCH3 is 2. The van der Waals surface area contributed by atoms with Crippen LogP contribution in [0, 0.1) is 5.82 Å². The van der Waals surface area contributed by atoms with E-state index in [0.717, 1.165) is 5.56 Å². The van der Waals surface area contributed by atoms with Gasteiger partial charge in [-0.15, -0.1) is 0 Å². The molecule has 2 aromatic carbocycles. The van der Waals surface area contributed by atoms with E-state index in [0.29, 0.717) is 23.6 Å². The van der Waals surface area contributed by atoms with Gasteiger partial charge in [-0.05, 0) is 36.8 Å². The molecule has 0 atom stereocenters. The lowest BCUT2D eigenvalue weighted by Crippen LogP contribution is -2.21. The lowest BCUT2D eigenvalue weighted by atomic mass is 10.1. The first-order chi connectivity index (χ1) is 11.6. The SMILES string of the molecule is CC/C(=N\NC(=O)c1ccccc1F)c1ccc(OC)c(OC)c1. The van der Waals surface area contributed by atoms with Gasteiger partial charge in [0.25, 0.3) is 5.91 Å². The minimum absolute atomic E-state index is 0.0518. The molecule has 0 fully saturated rings. The van der Waals surface area contributed by atoms with Crippen LogP contribution in [0.3, 0.4) is 0 Å². The van der Waals surface area contributed by atoms with E-state index in [1.807, 2.05) is 13.0 Å². The van der Waals surface area contributed by atoms with E-state index in [9.17, 15) is 9.18 Å². The summed E-state index contributed by atoms with van der Waals surface area (Å²) in [6.07, 6.45) is 0.576. The number of hydrogen-bond donors (Lipinski definition) is 1. The summed E-state index contributed by atoms with van der Waals surface area (Å²) in [5.74, 6) is -0.0161. The van der Waals surface area contributed by atoms with Gasteiger partial charge in [-0.3, -0.25) is 4.79 Å². The van der Waals surface area contributed by atoms with Gasteiger partial charge < -0.3 is 9.47 Å². The Bertz CT molecular complexity index is 760. The maximum atomic E-state index is 13.6. The van der Waals surface area contributed by atoms with Crippen LogP contribution in [0.25, 0.3) is 0 Å². The van der Waals surface area contributed by atoms with Gasteiger partial charge in [-0.25, -0.2) is 9.82 Å². The van der Waals surface area contributed by atoms with Crippen molar-refractivity contribution in [2.75, 3.05) is 14.2 Å². The molecule has 5 nitrogen and oxygen atoms in total. The molecule has 126 valence electrons. The zero-order chi connectivity index (χ0) is 17.5. The predicted octanol–water partition coefficient (Wildman–Crippen LogP) is 3.39. The normalized spacial score (nSPS) is 11.1. The standard InChI is InChI=1S/C18H19FN2O3/c1-4-15(12-9-10-16(23-2)17(11-12)24-3)20-21-18(22)13-7-5-6-8-14(13)19/h5-11H,4H2,1-3H3,(H,21,22)/b20-15+. The van der Waals surface area contributed by atoms with E-state index in [1.54, 1.807) is 32.4 Å². The number of carbonyl (C=O) groups excluding carboxylic acids is 1. The maximum absolute atomic E-state index is 13.6. The first-order valence-corrected chi connectivity index (χ1v) is 7.44. The number of rotatable bonds is 6. The van der Waals surface area contributed by atoms with Gasteiger partial charge in [0, 0.05) is 5.56 Å². The molecule has 0 aromatic heterocycles. The Kier molecular flexibility index (Phi) is 5.89. The molecule has 0 unspecified atom stereocenters. The first kappa shape index (κ1) is 17.5. The molecular weight excluding hydrogens is 311 g/mol. The summed E-state index contributed by atoms with van der Waals surface area (Å²) >= 11 is 0. The van der Waals surface area contributed by atoms with E-state index in [4.69, 9.17) is 9.47 Å². The van der Waals surface area contributed by atoms with Gasteiger partial charge in [-0.1, -0.05) is 19.1 Å². The van der Waals surface area contributed by atoms with E-state index in [2.05, 4.69) is 10.5 Å². The van der Waals surface area contributed by atoms with Crippen LogP contribution in [0.2, 0.25) is 0 Å². The number of hydrogen-bond acceptors (Lipinski definition) is 4. The van der Waals surface area contributed by atoms with Crippen molar-refractivity contribution in [3.8, 4) is 11.5 Å². The van der Waals surface area contributed by atoms with Gasteiger partial charge in [0.15, 0.2) is 11.5 Å². The monoisotopic (exact) mass is 330 g/mol. The molecule has 24 heavy (non-hydrogen) atoms. The highest BCUT2D eigenvalue weighted by Crippen LogP contribution is 2.28. The third kappa shape index (κ3) is 3.90. The highest BCUT2D eigenvalue weighted by Gasteiger charge is 2.12. The summed E-state index contributed by atoms with van der Waals surface area (Å²) in [6.45, 7) is 1.91. The number of amides is 1. The number of benzene rings is 2. The van der Waals surface area contributed by atoms with E-state index >= 15 is 0 Å². The highest BCUT2D eigenvalue weighted by molar-refractivity contribution is 6.02. The maximum Gasteiger partial charge on any atom is 0.274 e. The van der Waals surface area contributed by atoms with Crippen LogP contribution in [0.1, 0.15) is 29.3 Å². The molecule has 0 aliphatic carbocycles. The molecule has 0 spiro atoms. The van der Waals surface area contributed by atoms with E-state index in [1.165, 1.54) is 18.2 Å². The second kappa shape index (κ2) is 8.10. The van der Waals surface area contributed by atoms with Crippen molar-refractivity contribution in [2.24, 2.45) is 5.10 Å². The van der Waals surface area contributed by atoms with Crippen molar-refractivity contribution in [3.05, 3.63) is 59.4 Å². The fourth-order valence-corrected chi connectivity index (χ4v) is 2.19. The van der Waals surface area contributed by atoms with Crippen molar-refractivity contribution in [1.82, 2.24) is 5.43 Å². The third-order valence-corrected chi connectivity index (χ3v) is 3.46. The predicted molar refractivity (Wildman–Crippen MR) is 90.2 cm³/mol. The lowest BCUT2D eigenvalue weighted by molar-refractivity contribution is 0.0951. The molecule has 0 aliphatic heterocycles. The van der Waals surface area contributed by atoms with Crippen LogP contribution in [0.4, 0.5) is 4.39 Å². The van der Waals surface area contributed by atoms with E-state index in [-0.39, 0.29) is 5.56 Å². The second-order valence-corrected chi connectivity index (χ2v) is 4.90. The third-order valence-electron chi connectivity index (χ3n) is 3.46. The quantitative estimate of drug-likeness (QED) is 0.652. The van der Waals surface area contributed by atoms with Gasteiger partial charge in [0.1, 0.15) is 5.82 Å². The molecule has 1 amide bonds. The number of hydrazone groups is 1. The Morgan fingerprint density at radius 1 is 1.12 bits per heavy atom. The van der Waals surface area contributed by atoms with Gasteiger partial charge in [0.2, 0.25) is 0 Å². The highest BCUT2D eigenvalue weighted by atomic mass is 19.1. The molecule has 1 N–H and O–H groups in total. The summed E-state index contributed by atoms with van der Waals surface area (Å²) in [6, 6.07) is 11.1.